The maximum Gasteiger partial charge on any atom is 0.248 e. The van der Waals surface area contributed by atoms with Crippen molar-refractivity contribution in [1.29, 1.82) is 0 Å². The van der Waals surface area contributed by atoms with Crippen LogP contribution in [0.3, 0.4) is 0 Å². The minimum Gasteiger partial charge on any atom is -0.366 e. The molecule has 0 saturated carbocycles. The van der Waals surface area contributed by atoms with E-state index in [0.717, 1.165) is 18.0 Å². The second-order valence-electron chi connectivity index (χ2n) is 7.07. The lowest BCUT2D eigenvalue weighted by Gasteiger charge is -2.32. The molecular weight excluding hydrogens is 296 g/mol. The fourth-order valence-electron chi connectivity index (χ4n) is 4.19. The molecule has 2 aromatic rings. The molecule has 1 atom stereocenters. The van der Waals surface area contributed by atoms with Crippen LogP contribution in [0.5, 0.6) is 0 Å². The highest BCUT2D eigenvalue weighted by molar-refractivity contribution is 5.94. The van der Waals surface area contributed by atoms with Crippen molar-refractivity contribution in [3.05, 3.63) is 59.2 Å². The minimum absolute atomic E-state index is 0.372. The summed E-state index contributed by atoms with van der Waals surface area (Å²) < 4.78 is 0. The molecule has 24 heavy (non-hydrogen) atoms. The molecule has 3 nitrogen and oxygen atoms in total. The van der Waals surface area contributed by atoms with Gasteiger partial charge in [-0.25, -0.2) is 0 Å². The van der Waals surface area contributed by atoms with Gasteiger partial charge < -0.3 is 10.6 Å². The molecule has 2 aromatic carbocycles. The standard InChI is InChI=1S/C21H24N2O/c22-21(24)19-5-3-4-15(13-19)16-6-7-18-14-20(9-8-17(18)12-16)23-10-1-2-11-23/h3-7,12-13,20H,1-2,8-11,14H2,(H2,22,24). The number of rotatable bonds is 3. The summed E-state index contributed by atoms with van der Waals surface area (Å²) in [5, 5.41) is 0. The van der Waals surface area contributed by atoms with Crippen molar-refractivity contribution in [2.24, 2.45) is 5.73 Å². The zero-order chi connectivity index (χ0) is 16.5. The highest BCUT2D eigenvalue weighted by Gasteiger charge is 2.26. The van der Waals surface area contributed by atoms with Crippen molar-refractivity contribution in [3.8, 4) is 11.1 Å². The third-order valence-corrected chi connectivity index (χ3v) is 5.55. The molecule has 1 saturated heterocycles. The van der Waals surface area contributed by atoms with Gasteiger partial charge in [0.25, 0.3) is 0 Å². The second kappa shape index (κ2) is 6.40. The Morgan fingerprint density at radius 3 is 2.58 bits per heavy atom. The summed E-state index contributed by atoms with van der Waals surface area (Å²) >= 11 is 0. The number of benzene rings is 2. The smallest absolute Gasteiger partial charge is 0.248 e. The first kappa shape index (κ1) is 15.4. The van der Waals surface area contributed by atoms with Crippen LogP contribution in [0.25, 0.3) is 11.1 Å². The first-order chi connectivity index (χ1) is 11.7. The number of primary amides is 1. The molecule has 1 fully saturated rings. The first-order valence-electron chi connectivity index (χ1n) is 8.97. The van der Waals surface area contributed by atoms with Gasteiger partial charge >= 0.3 is 0 Å². The van der Waals surface area contributed by atoms with Crippen LogP contribution < -0.4 is 5.73 Å². The summed E-state index contributed by atoms with van der Waals surface area (Å²) in [5.41, 5.74) is 11.2. The van der Waals surface area contributed by atoms with E-state index in [2.05, 4.69) is 23.1 Å². The van der Waals surface area contributed by atoms with Gasteiger partial charge in [-0.05, 0) is 79.6 Å². The van der Waals surface area contributed by atoms with E-state index in [4.69, 9.17) is 5.73 Å². The molecule has 0 aromatic heterocycles. The Balaban J connectivity index is 1.58. The molecule has 1 aliphatic carbocycles. The van der Waals surface area contributed by atoms with E-state index in [9.17, 15) is 4.79 Å². The molecule has 3 heteroatoms. The Morgan fingerprint density at radius 2 is 1.79 bits per heavy atom. The highest BCUT2D eigenvalue weighted by atomic mass is 16.1. The second-order valence-corrected chi connectivity index (χ2v) is 7.07. The highest BCUT2D eigenvalue weighted by Crippen LogP contribution is 2.30. The molecule has 1 amide bonds. The summed E-state index contributed by atoms with van der Waals surface area (Å²) in [7, 11) is 0. The fraction of sp³-hybridized carbons (Fsp3) is 0.381. The SMILES string of the molecule is NC(=O)c1cccc(-c2ccc3c(c2)CCC(N2CCCC2)C3)c1. The Bertz CT molecular complexity index is 762. The van der Waals surface area contributed by atoms with Crippen molar-refractivity contribution >= 4 is 5.91 Å². The summed E-state index contributed by atoms with van der Waals surface area (Å²) in [6.45, 7) is 2.55. The lowest BCUT2D eigenvalue weighted by atomic mass is 9.85. The predicted molar refractivity (Wildman–Crippen MR) is 97.0 cm³/mol. The molecule has 1 aliphatic heterocycles. The predicted octanol–water partition coefficient (Wildman–Crippen LogP) is 3.41. The van der Waals surface area contributed by atoms with Crippen LogP contribution in [0.1, 0.15) is 40.7 Å². The summed E-state index contributed by atoms with van der Waals surface area (Å²) in [6, 6.07) is 15.1. The molecule has 2 aliphatic rings. The molecule has 0 radical (unpaired) electrons. The Kier molecular flexibility index (Phi) is 4.11. The van der Waals surface area contributed by atoms with E-state index in [1.165, 1.54) is 55.5 Å². The van der Waals surface area contributed by atoms with Gasteiger partial charge in [-0.2, -0.15) is 0 Å². The van der Waals surface area contributed by atoms with E-state index in [1.54, 1.807) is 6.07 Å². The average Bonchev–Trinajstić information content (AvgIpc) is 3.15. The summed E-state index contributed by atoms with van der Waals surface area (Å²) in [5.74, 6) is -0.372. The van der Waals surface area contributed by atoms with Gasteiger partial charge in [0.2, 0.25) is 5.91 Å². The zero-order valence-electron chi connectivity index (χ0n) is 14.0. The number of carbonyl (C=O) groups excluding carboxylic acids is 1. The van der Waals surface area contributed by atoms with Gasteiger partial charge in [-0.15, -0.1) is 0 Å². The minimum atomic E-state index is -0.372. The van der Waals surface area contributed by atoms with Gasteiger partial charge in [0.15, 0.2) is 0 Å². The number of likely N-dealkylation sites (tertiary alicyclic amines) is 1. The molecule has 1 heterocycles. The number of hydrogen-bond acceptors (Lipinski definition) is 2. The first-order valence-corrected chi connectivity index (χ1v) is 8.97. The number of amides is 1. The Labute approximate surface area is 143 Å². The maximum atomic E-state index is 11.4. The van der Waals surface area contributed by atoms with Gasteiger partial charge in [0.05, 0.1) is 0 Å². The van der Waals surface area contributed by atoms with Gasteiger partial charge in [0, 0.05) is 11.6 Å². The molecular formula is C21H24N2O. The van der Waals surface area contributed by atoms with Crippen LogP contribution in [-0.4, -0.2) is 29.9 Å². The zero-order valence-corrected chi connectivity index (χ0v) is 14.0. The topological polar surface area (TPSA) is 46.3 Å². The summed E-state index contributed by atoms with van der Waals surface area (Å²) in [6.07, 6.45) is 6.31. The van der Waals surface area contributed by atoms with E-state index >= 15 is 0 Å². The van der Waals surface area contributed by atoms with Crippen molar-refractivity contribution in [1.82, 2.24) is 4.90 Å². The van der Waals surface area contributed by atoms with Crippen molar-refractivity contribution in [3.63, 3.8) is 0 Å². The van der Waals surface area contributed by atoms with Crippen LogP contribution in [-0.2, 0) is 12.8 Å². The third kappa shape index (κ3) is 2.96. The normalized spacial score (nSPS) is 20.8. The molecule has 0 bridgehead atoms. The molecule has 4 rings (SSSR count). The van der Waals surface area contributed by atoms with E-state index in [0.29, 0.717) is 5.56 Å². The van der Waals surface area contributed by atoms with Crippen LogP contribution in [0, 0.1) is 0 Å². The van der Waals surface area contributed by atoms with Gasteiger partial charge in [-0.3, -0.25) is 4.79 Å². The largest absolute Gasteiger partial charge is 0.366 e. The third-order valence-electron chi connectivity index (χ3n) is 5.55. The van der Waals surface area contributed by atoms with E-state index < -0.39 is 0 Å². The summed E-state index contributed by atoms with van der Waals surface area (Å²) in [4.78, 5) is 14.1. The van der Waals surface area contributed by atoms with Crippen LogP contribution >= 0.6 is 0 Å². The molecule has 2 N–H and O–H groups in total. The van der Waals surface area contributed by atoms with Gasteiger partial charge in [0.1, 0.15) is 0 Å². The van der Waals surface area contributed by atoms with Crippen molar-refractivity contribution < 1.29 is 4.79 Å². The molecule has 1 unspecified atom stereocenters. The van der Waals surface area contributed by atoms with Crippen molar-refractivity contribution in [2.45, 2.75) is 38.1 Å². The molecule has 124 valence electrons. The number of nitrogens with zero attached hydrogens (tertiary/aromatic N) is 1. The Morgan fingerprint density at radius 1 is 1.00 bits per heavy atom. The lowest BCUT2D eigenvalue weighted by Crippen LogP contribution is -2.37. The van der Waals surface area contributed by atoms with E-state index in [-0.39, 0.29) is 5.91 Å². The number of fused-ring (bicyclic) bond motifs is 1. The quantitative estimate of drug-likeness (QED) is 0.942. The number of hydrogen-bond donors (Lipinski definition) is 1. The van der Waals surface area contributed by atoms with Crippen molar-refractivity contribution in [2.75, 3.05) is 13.1 Å². The number of carbonyl (C=O) groups is 1. The average molecular weight is 320 g/mol. The van der Waals surface area contributed by atoms with Gasteiger partial charge in [-0.1, -0.05) is 30.3 Å². The lowest BCUT2D eigenvalue weighted by molar-refractivity contribution is 0.100. The fourth-order valence-corrected chi connectivity index (χ4v) is 4.19. The van der Waals surface area contributed by atoms with E-state index in [1.807, 2.05) is 18.2 Å². The van der Waals surface area contributed by atoms with Crippen LogP contribution in [0.2, 0.25) is 0 Å². The monoisotopic (exact) mass is 320 g/mol. The molecule has 0 spiro atoms. The number of nitrogens with two attached hydrogens (primary N) is 1. The maximum absolute atomic E-state index is 11.4. The number of aryl methyl sites for hydroxylation is 1. The van der Waals surface area contributed by atoms with Crippen LogP contribution in [0.15, 0.2) is 42.5 Å². The Hall–Kier alpha value is -2.13. The van der Waals surface area contributed by atoms with Crippen LogP contribution in [0.4, 0.5) is 0 Å².